The van der Waals surface area contributed by atoms with Gasteiger partial charge in [0, 0.05) is 5.56 Å². The first-order chi connectivity index (χ1) is 8.79. The molecule has 18 heavy (non-hydrogen) atoms. The second-order valence-corrected chi connectivity index (χ2v) is 3.69. The van der Waals surface area contributed by atoms with Crippen LogP contribution in [0, 0.1) is 5.82 Å². The van der Waals surface area contributed by atoms with E-state index in [4.69, 9.17) is 4.74 Å². The summed E-state index contributed by atoms with van der Waals surface area (Å²) in [7, 11) is 1.54. The van der Waals surface area contributed by atoms with Crippen LogP contribution < -0.4 is 4.74 Å². The second-order valence-electron chi connectivity index (χ2n) is 3.69. The topological polar surface area (TPSA) is 34.0 Å². The van der Waals surface area contributed by atoms with E-state index in [-0.39, 0.29) is 12.4 Å². The van der Waals surface area contributed by atoms with Gasteiger partial charge in [-0.1, -0.05) is 18.2 Å². The Balaban J connectivity index is 2.08. The van der Waals surface area contributed by atoms with Crippen LogP contribution in [0.5, 0.6) is 5.75 Å². The third-order valence-electron chi connectivity index (χ3n) is 2.44. The minimum atomic E-state index is -0.303. The molecule has 2 aromatic carbocycles. The van der Waals surface area contributed by atoms with Crippen molar-refractivity contribution in [3.8, 4) is 5.75 Å². The number of azo groups is 1. The molecule has 0 fully saturated rings. The van der Waals surface area contributed by atoms with E-state index < -0.39 is 0 Å². The van der Waals surface area contributed by atoms with Gasteiger partial charge in [-0.15, -0.1) is 0 Å². The summed E-state index contributed by atoms with van der Waals surface area (Å²) in [4.78, 5) is 0. The highest BCUT2D eigenvalue weighted by Gasteiger charge is 2.03. The molecule has 4 heteroatoms. The van der Waals surface area contributed by atoms with Crippen LogP contribution in [0.1, 0.15) is 5.56 Å². The average Bonchev–Trinajstić information content (AvgIpc) is 2.42. The van der Waals surface area contributed by atoms with Gasteiger partial charge in [0.1, 0.15) is 11.6 Å². The van der Waals surface area contributed by atoms with Crippen molar-refractivity contribution in [2.24, 2.45) is 10.2 Å². The largest absolute Gasteiger partial charge is 0.497 e. The van der Waals surface area contributed by atoms with Crippen LogP contribution in [0.25, 0.3) is 0 Å². The summed E-state index contributed by atoms with van der Waals surface area (Å²) in [5.41, 5.74) is 1.22. The lowest BCUT2D eigenvalue weighted by molar-refractivity contribution is 0.412. The van der Waals surface area contributed by atoms with Crippen LogP contribution >= 0.6 is 0 Å². The molecular weight excluding hydrogens is 231 g/mol. The van der Waals surface area contributed by atoms with Gasteiger partial charge in [0.05, 0.1) is 19.3 Å². The van der Waals surface area contributed by atoms with Crippen LogP contribution in [0.15, 0.2) is 58.8 Å². The summed E-state index contributed by atoms with van der Waals surface area (Å²) in [6.45, 7) is 0.192. The van der Waals surface area contributed by atoms with E-state index in [1.165, 1.54) is 6.07 Å². The highest BCUT2D eigenvalue weighted by atomic mass is 19.1. The fourth-order valence-corrected chi connectivity index (χ4v) is 1.49. The standard InChI is InChI=1S/C14H13FN2O/c1-18-13-7-8-14(15)11(9-13)10-16-17-12-5-3-2-4-6-12/h2-9H,10H2,1H3. The molecule has 0 aliphatic rings. The predicted octanol–water partition coefficient (Wildman–Crippen LogP) is 4.12. The number of benzene rings is 2. The fourth-order valence-electron chi connectivity index (χ4n) is 1.49. The van der Waals surface area contributed by atoms with Gasteiger partial charge in [-0.05, 0) is 30.3 Å². The molecule has 0 heterocycles. The van der Waals surface area contributed by atoms with Crippen LogP contribution in [-0.2, 0) is 6.54 Å². The van der Waals surface area contributed by atoms with Gasteiger partial charge in [0.15, 0.2) is 0 Å². The van der Waals surface area contributed by atoms with Crippen LogP contribution in [0.3, 0.4) is 0 Å². The number of hydrogen-bond acceptors (Lipinski definition) is 3. The smallest absolute Gasteiger partial charge is 0.128 e. The second kappa shape index (κ2) is 5.91. The number of ether oxygens (including phenoxy) is 1. The lowest BCUT2D eigenvalue weighted by Gasteiger charge is -2.03. The van der Waals surface area contributed by atoms with Gasteiger partial charge in [-0.25, -0.2) is 4.39 Å². The van der Waals surface area contributed by atoms with E-state index >= 15 is 0 Å². The van der Waals surface area contributed by atoms with E-state index in [0.29, 0.717) is 11.3 Å². The normalized spacial score (nSPS) is 10.8. The average molecular weight is 244 g/mol. The first kappa shape index (κ1) is 12.2. The van der Waals surface area contributed by atoms with E-state index in [2.05, 4.69) is 10.2 Å². The minimum absolute atomic E-state index is 0.192. The summed E-state index contributed by atoms with van der Waals surface area (Å²) in [6, 6.07) is 13.9. The maximum Gasteiger partial charge on any atom is 0.128 e. The Morgan fingerprint density at radius 2 is 1.89 bits per heavy atom. The van der Waals surface area contributed by atoms with Crippen molar-refractivity contribution in [1.82, 2.24) is 0 Å². The Kier molecular flexibility index (Phi) is 4.02. The zero-order chi connectivity index (χ0) is 12.8. The summed E-state index contributed by atoms with van der Waals surface area (Å²) in [5.74, 6) is 0.309. The van der Waals surface area contributed by atoms with Gasteiger partial charge >= 0.3 is 0 Å². The van der Waals surface area contributed by atoms with Crippen molar-refractivity contribution in [1.29, 1.82) is 0 Å². The van der Waals surface area contributed by atoms with Crippen molar-refractivity contribution in [3.05, 3.63) is 59.9 Å². The number of rotatable bonds is 4. The molecule has 0 amide bonds. The molecule has 0 saturated heterocycles. The quantitative estimate of drug-likeness (QED) is 0.745. The predicted molar refractivity (Wildman–Crippen MR) is 67.6 cm³/mol. The SMILES string of the molecule is COc1ccc(F)c(CN=Nc2ccccc2)c1. The zero-order valence-corrected chi connectivity index (χ0v) is 10.0. The molecule has 2 rings (SSSR count). The van der Waals surface area contributed by atoms with E-state index in [0.717, 1.165) is 5.69 Å². The van der Waals surface area contributed by atoms with E-state index in [9.17, 15) is 4.39 Å². The number of nitrogens with zero attached hydrogens (tertiary/aromatic N) is 2. The fraction of sp³-hybridized carbons (Fsp3) is 0.143. The van der Waals surface area contributed by atoms with Crippen molar-refractivity contribution in [3.63, 3.8) is 0 Å². The Morgan fingerprint density at radius 3 is 2.61 bits per heavy atom. The molecule has 2 aromatic rings. The zero-order valence-electron chi connectivity index (χ0n) is 10.0. The third-order valence-corrected chi connectivity index (χ3v) is 2.44. The number of hydrogen-bond donors (Lipinski definition) is 0. The first-order valence-corrected chi connectivity index (χ1v) is 5.54. The monoisotopic (exact) mass is 244 g/mol. The maximum absolute atomic E-state index is 13.5. The van der Waals surface area contributed by atoms with Crippen molar-refractivity contribution >= 4 is 5.69 Å². The maximum atomic E-state index is 13.5. The molecule has 0 unspecified atom stereocenters. The number of methoxy groups -OCH3 is 1. The van der Waals surface area contributed by atoms with Gasteiger partial charge in [-0.2, -0.15) is 10.2 Å². The summed E-state index contributed by atoms with van der Waals surface area (Å²) in [6.07, 6.45) is 0. The molecule has 0 saturated carbocycles. The highest BCUT2D eigenvalue weighted by Crippen LogP contribution is 2.18. The Bertz CT molecular complexity index is 541. The number of halogens is 1. The Labute approximate surface area is 105 Å². The van der Waals surface area contributed by atoms with Crippen LogP contribution in [0.4, 0.5) is 10.1 Å². The van der Waals surface area contributed by atoms with Gasteiger partial charge in [-0.3, -0.25) is 0 Å². The molecule has 0 aromatic heterocycles. The highest BCUT2D eigenvalue weighted by molar-refractivity contribution is 5.35. The molecule has 92 valence electrons. The van der Waals surface area contributed by atoms with Gasteiger partial charge in [0.25, 0.3) is 0 Å². The molecule has 0 bridgehead atoms. The lowest BCUT2D eigenvalue weighted by atomic mass is 10.2. The van der Waals surface area contributed by atoms with Crippen LogP contribution in [0.2, 0.25) is 0 Å². The molecule has 0 aliphatic heterocycles. The van der Waals surface area contributed by atoms with E-state index in [1.54, 1.807) is 19.2 Å². The first-order valence-electron chi connectivity index (χ1n) is 5.54. The molecule has 3 nitrogen and oxygen atoms in total. The summed E-state index contributed by atoms with van der Waals surface area (Å²) in [5, 5.41) is 7.99. The van der Waals surface area contributed by atoms with Gasteiger partial charge in [0.2, 0.25) is 0 Å². The minimum Gasteiger partial charge on any atom is -0.497 e. The van der Waals surface area contributed by atoms with E-state index in [1.807, 2.05) is 30.3 Å². The Hall–Kier alpha value is -2.23. The van der Waals surface area contributed by atoms with Gasteiger partial charge < -0.3 is 4.74 Å². The molecule has 0 aliphatic carbocycles. The Morgan fingerprint density at radius 1 is 1.11 bits per heavy atom. The third kappa shape index (κ3) is 3.13. The summed E-state index contributed by atoms with van der Waals surface area (Å²) < 4.78 is 18.5. The molecule has 0 N–H and O–H groups in total. The van der Waals surface area contributed by atoms with Crippen LogP contribution in [-0.4, -0.2) is 7.11 Å². The van der Waals surface area contributed by atoms with Crippen molar-refractivity contribution in [2.45, 2.75) is 6.54 Å². The molecular formula is C14H13FN2O. The summed E-state index contributed by atoms with van der Waals surface area (Å²) >= 11 is 0. The van der Waals surface area contributed by atoms with Crippen molar-refractivity contribution < 1.29 is 9.13 Å². The molecule has 0 atom stereocenters. The molecule has 0 spiro atoms. The molecule has 0 radical (unpaired) electrons. The lowest BCUT2D eigenvalue weighted by Crippen LogP contribution is -1.90. The van der Waals surface area contributed by atoms with Crippen molar-refractivity contribution in [2.75, 3.05) is 7.11 Å².